The van der Waals surface area contributed by atoms with E-state index < -0.39 is 0 Å². The number of carbonyl (C=O) groups excluding carboxylic acids is 1. The Kier molecular flexibility index (Phi) is 6.26. The van der Waals surface area contributed by atoms with Gasteiger partial charge in [-0.1, -0.05) is 48.9 Å². The van der Waals surface area contributed by atoms with Crippen LogP contribution in [0, 0.1) is 0 Å². The molecule has 144 valence electrons. The molecule has 28 heavy (non-hydrogen) atoms. The second kappa shape index (κ2) is 8.85. The molecule has 1 unspecified atom stereocenters. The van der Waals surface area contributed by atoms with Crippen LogP contribution < -0.4 is 10.5 Å². The Bertz CT molecular complexity index is 1000. The lowest BCUT2D eigenvalue weighted by Gasteiger charge is -2.29. The monoisotopic (exact) mass is 395 g/mol. The van der Waals surface area contributed by atoms with E-state index >= 15 is 0 Å². The zero-order chi connectivity index (χ0) is 20.1. The number of aromatic nitrogens is 2. The fourth-order valence-corrected chi connectivity index (χ4v) is 3.18. The molecule has 0 aliphatic heterocycles. The number of hydrogen-bond donors (Lipinski definition) is 0. The molecule has 0 saturated carbocycles. The number of anilines is 1. The summed E-state index contributed by atoms with van der Waals surface area (Å²) in [5.74, 6) is -0.265. The molecule has 0 bridgehead atoms. The van der Waals surface area contributed by atoms with Crippen LogP contribution in [0.5, 0.6) is 0 Å². The Labute approximate surface area is 169 Å². The summed E-state index contributed by atoms with van der Waals surface area (Å²) in [5.41, 5.74) is 1.72. The summed E-state index contributed by atoms with van der Waals surface area (Å²) in [4.78, 5) is 27.1. The number of nitrogens with zero attached hydrogens (tertiary/aromatic N) is 3. The molecule has 6 heteroatoms. The van der Waals surface area contributed by atoms with Crippen molar-refractivity contribution in [1.82, 2.24) is 9.78 Å². The number of rotatable bonds is 6. The average molecular weight is 396 g/mol. The number of benzene rings is 2. The summed E-state index contributed by atoms with van der Waals surface area (Å²) in [5, 5.41) is 4.93. The van der Waals surface area contributed by atoms with Gasteiger partial charge in [0.1, 0.15) is 5.69 Å². The van der Waals surface area contributed by atoms with Gasteiger partial charge in [0.2, 0.25) is 0 Å². The van der Waals surface area contributed by atoms with Crippen LogP contribution in [0.1, 0.15) is 42.4 Å². The summed E-state index contributed by atoms with van der Waals surface area (Å²) in [6, 6.07) is 19.5. The van der Waals surface area contributed by atoms with E-state index in [1.165, 1.54) is 16.8 Å². The van der Waals surface area contributed by atoms with Gasteiger partial charge in [0.05, 0.1) is 6.04 Å². The first-order valence-electron chi connectivity index (χ1n) is 9.23. The second-order valence-electron chi connectivity index (χ2n) is 6.52. The van der Waals surface area contributed by atoms with Gasteiger partial charge in [-0.05, 0) is 49.2 Å². The molecule has 0 aliphatic rings. The average Bonchev–Trinajstić information content (AvgIpc) is 2.71. The van der Waals surface area contributed by atoms with Gasteiger partial charge in [0.15, 0.2) is 0 Å². The number of hydrogen-bond acceptors (Lipinski definition) is 3. The number of halogens is 1. The van der Waals surface area contributed by atoms with Crippen LogP contribution >= 0.6 is 11.6 Å². The summed E-state index contributed by atoms with van der Waals surface area (Å²) in [7, 11) is 0. The van der Waals surface area contributed by atoms with Crippen LogP contribution in [0.2, 0.25) is 5.02 Å². The van der Waals surface area contributed by atoms with Gasteiger partial charge in [-0.25, -0.2) is 4.68 Å². The van der Waals surface area contributed by atoms with Crippen LogP contribution in [0.4, 0.5) is 5.69 Å². The maximum Gasteiger partial charge on any atom is 0.279 e. The molecule has 0 spiro atoms. The highest BCUT2D eigenvalue weighted by Gasteiger charge is 2.26. The van der Waals surface area contributed by atoms with Crippen LogP contribution in [-0.4, -0.2) is 15.7 Å². The van der Waals surface area contributed by atoms with Crippen molar-refractivity contribution in [2.24, 2.45) is 0 Å². The zero-order valence-electron chi connectivity index (χ0n) is 15.9. The van der Waals surface area contributed by atoms with E-state index in [2.05, 4.69) is 5.10 Å². The van der Waals surface area contributed by atoms with E-state index in [-0.39, 0.29) is 23.2 Å². The molecule has 1 aromatic heterocycles. The maximum absolute atomic E-state index is 13.4. The van der Waals surface area contributed by atoms with E-state index in [1.54, 1.807) is 17.0 Å². The van der Waals surface area contributed by atoms with Crippen LogP contribution in [-0.2, 0) is 6.54 Å². The lowest BCUT2D eigenvalue weighted by atomic mass is 10.1. The summed E-state index contributed by atoms with van der Waals surface area (Å²) < 4.78 is 1.34. The van der Waals surface area contributed by atoms with Crippen molar-refractivity contribution in [3.63, 3.8) is 0 Å². The highest BCUT2D eigenvalue weighted by Crippen LogP contribution is 2.29. The minimum absolute atomic E-state index is 0.213. The fourth-order valence-electron chi connectivity index (χ4n) is 3.05. The van der Waals surface area contributed by atoms with E-state index in [9.17, 15) is 9.59 Å². The van der Waals surface area contributed by atoms with Crippen molar-refractivity contribution in [3.8, 4) is 0 Å². The predicted octanol–water partition coefficient (Wildman–Crippen LogP) is 4.71. The number of carbonyl (C=O) groups is 1. The van der Waals surface area contributed by atoms with E-state index in [0.29, 0.717) is 11.6 Å². The van der Waals surface area contributed by atoms with Crippen molar-refractivity contribution >= 4 is 23.2 Å². The SMILES string of the molecule is CCCn1nc(C(=O)N(c2ccccc2)C(C)c2ccc(Cl)cc2)ccc1=O. The number of aryl methyl sites for hydroxylation is 1. The highest BCUT2D eigenvalue weighted by atomic mass is 35.5. The Morgan fingerprint density at radius 1 is 1.07 bits per heavy atom. The zero-order valence-corrected chi connectivity index (χ0v) is 16.6. The second-order valence-corrected chi connectivity index (χ2v) is 6.95. The quantitative estimate of drug-likeness (QED) is 0.607. The third kappa shape index (κ3) is 4.31. The fraction of sp³-hybridized carbons (Fsp3) is 0.227. The van der Waals surface area contributed by atoms with Crippen molar-refractivity contribution in [3.05, 3.63) is 93.4 Å². The molecule has 5 nitrogen and oxygen atoms in total. The van der Waals surface area contributed by atoms with Gasteiger partial charge in [-0.3, -0.25) is 14.5 Å². The van der Waals surface area contributed by atoms with Gasteiger partial charge in [-0.2, -0.15) is 5.10 Å². The molecule has 3 rings (SSSR count). The van der Waals surface area contributed by atoms with E-state index in [4.69, 9.17) is 11.6 Å². The molecule has 1 atom stereocenters. The van der Waals surface area contributed by atoms with Gasteiger partial charge in [0.25, 0.3) is 11.5 Å². The Morgan fingerprint density at radius 3 is 2.39 bits per heavy atom. The predicted molar refractivity (Wildman–Crippen MR) is 112 cm³/mol. The van der Waals surface area contributed by atoms with Gasteiger partial charge in [0, 0.05) is 23.3 Å². The molecular formula is C22H22ClN3O2. The molecule has 0 radical (unpaired) electrons. The summed E-state index contributed by atoms with van der Waals surface area (Å²) >= 11 is 6.01. The van der Waals surface area contributed by atoms with Crippen molar-refractivity contribution in [2.75, 3.05) is 4.90 Å². The minimum Gasteiger partial charge on any atom is -0.300 e. The highest BCUT2D eigenvalue weighted by molar-refractivity contribution is 6.30. The molecule has 1 amide bonds. The standard InChI is InChI=1S/C22H22ClN3O2/c1-3-15-25-21(27)14-13-20(24-25)22(28)26(19-7-5-4-6-8-19)16(2)17-9-11-18(23)12-10-17/h4-14,16H,3,15H2,1-2H3. The molecule has 1 heterocycles. The first-order valence-corrected chi connectivity index (χ1v) is 9.61. The Balaban J connectivity index is 2.04. The third-order valence-corrected chi connectivity index (χ3v) is 4.77. The minimum atomic E-state index is -0.265. The first kappa shape index (κ1) is 19.8. The molecule has 0 fully saturated rings. The van der Waals surface area contributed by atoms with Crippen molar-refractivity contribution in [1.29, 1.82) is 0 Å². The van der Waals surface area contributed by atoms with Crippen LogP contribution in [0.3, 0.4) is 0 Å². The smallest absolute Gasteiger partial charge is 0.279 e. The van der Waals surface area contributed by atoms with Crippen molar-refractivity contribution < 1.29 is 4.79 Å². The molecule has 0 saturated heterocycles. The van der Waals surface area contributed by atoms with Gasteiger partial charge in [-0.15, -0.1) is 0 Å². The maximum atomic E-state index is 13.4. The summed E-state index contributed by atoms with van der Waals surface area (Å²) in [6.45, 7) is 4.38. The number of para-hydroxylation sites is 1. The topological polar surface area (TPSA) is 55.2 Å². The molecule has 3 aromatic rings. The molecule has 0 N–H and O–H groups in total. The number of amides is 1. The first-order chi connectivity index (χ1) is 13.5. The lowest BCUT2D eigenvalue weighted by Crippen LogP contribution is -2.36. The van der Waals surface area contributed by atoms with E-state index in [1.807, 2.05) is 56.3 Å². The lowest BCUT2D eigenvalue weighted by molar-refractivity contribution is 0.0971. The van der Waals surface area contributed by atoms with Crippen LogP contribution in [0.15, 0.2) is 71.5 Å². The molecular weight excluding hydrogens is 374 g/mol. The van der Waals surface area contributed by atoms with Crippen molar-refractivity contribution in [2.45, 2.75) is 32.9 Å². The third-order valence-electron chi connectivity index (χ3n) is 4.51. The van der Waals surface area contributed by atoms with Crippen LogP contribution in [0.25, 0.3) is 0 Å². The Hall–Kier alpha value is -2.92. The molecule has 2 aromatic carbocycles. The van der Waals surface area contributed by atoms with Gasteiger partial charge >= 0.3 is 0 Å². The van der Waals surface area contributed by atoms with E-state index in [0.717, 1.165) is 17.7 Å². The Morgan fingerprint density at radius 2 is 1.75 bits per heavy atom. The largest absolute Gasteiger partial charge is 0.300 e. The normalized spacial score (nSPS) is 11.8. The molecule has 0 aliphatic carbocycles. The van der Waals surface area contributed by atoms with Gasteiger partial charge < -0.3 is 0 Å². The summed E-state index contributed by atoms with van der Waals surface area (Å²) in [6.07, 6.45) is 0.758.